The summed E-state index contributed by atoms with van der Waals surface area (Å²) < 4.78 is 15.5. The normalized spacial score (nSPS) is 12.5. The molecule has 0 aliphatic heterocycles. The van der Waals surface area contributed by atoms with Crippen molar-refractivity contribution >= 4 is 8.03 Å². The monoisotopic (exact) mass is 186 g/mol. The molecule has 0 saturated heterocycles. The molecule has 1 N–H and O–H groups in total. The average molecular weight is 186 g/mol. The molecule has 1 aromatic rings. The maximum Gasteiger partial charge on any atom is 0.193 e. The zero-order valence-corrected chi connectivity index (χ0v) is 7.78. The summed E-state index contributed by atoms with van der Waals surface area (Å²) in [6.07, 6.45) is 0.224. The van der Waals surface area contributed by atoms with E-state index < -0.39 is 8.03 Å². The lowest BCUT2D eigenvalue weighted by atomic mass is 10.2. The predicted octanol–water partition coefficient (Wildman–Crippen LogP) is 1.66. The second kappa shape index (κ2) is 4.29. The zero-order chi connectivity index (χ0) is 8.97. The van der Waals surface area contributed by atoms with E-state index in [2.05, 4.69) is 0 Å². The minimum Gasteiger partial charge on any atom is -0.497 e. The van der Waals surface area contributed by atoms with Crippen molar-refractivity contribution in [2.45, 2.75) is 6.16 Å². The Kier molecular flexibility index (Phi) is 3.32. The third-order valence-corrected chi connectivity index (χ3v) is 2.20. The van der Waals surface area contributed by atoms with Gasteiger partial charge in [-0.1, -0.05) is 12.1 Å². The molecule has 1 atom stereocenters. The van der Waals surface area contributed by atoms with E-state index in [1.807, 2.05) is 0 Å². The van der Waals surface area contributed by atoms with Crippen LogP contribution in [0.1, 0.15) is 5.56 Å². The molecule has 0 amide bonds. The van der Waals surface area contributed by atoms with Crippen molar-refractivity contribution in [2.75, 3.05) is 7.11 Å². The quantitative estimate of drug-likeness (QED) is 0.730. The first-order valence-electron chi connectivity index (χ1n) is 3.57. The molecule has 12 heavy (non-hydrogen) atoms. The van der Waals surface area contributed by atoms with Crippen LogP contribution in [-0.2, 0) is 10.7 Å². The van der Waals surface area contributed by atoms with Gasteiger partial charge in [0.2, 0.25) is 0 Å². The third-order valence-electron chi connectivity index (χ3n) is 1.49. The molecule has 3 nitrogen and oxygen atoms in total. The largest absolute Gasteiger partial charge is 0.497 e. The van der Waals surface area contributed by atoms with Gasteiger partial charge in [0.15, 0.2) is 8.03 Å². The Morgan fingerprint density at radius 2 is 2.33 bits per heavy atom. The van der Waals surface area contributed by atoms with Crippen molar-refractivity contribution in [3.05, 3.63) is 29.8 Å². The Morgan fingerprint density at radius 1 is 1.58 bits per heavy atom. The van der Waals surface area contributed by atoms with Crippen LogP contribution in [0.3, 0.4) is 0 Å². The first-order chi connectivity index (χ1) is 5.72. The van der Waals surface area contributed by atoms with Gasteiger partial charge in [-0.15, -0.1) is 0 Å². The number of hydrogen-bond donors (Lipinski definition) is 1. The van der Waals surface area contributed by atoms with Crippen LogP contribution in [0.5, 0.6) is 5.75 Å². The van der Waals surface area contributed by atoms with Crippen molar-refractivity contribution < 1.29 is 14.2 Å². The van der Waals surface area contributed by atoms with Crippen LogP contribution < -0.4 is 4.74 Å². The summed E-state index contributed by atoms with van der Waals surface area (Å²) in [7, 11) is -0.846. The number of rotatable bonds is 3. The van der Waals surface area contributed by atoms with Crippen molar-refractivity contribution in [3.8, 4) is 5.75 Å². The third kappa shape index (κ3) is 2.68. The lowest BCUT2D eigenvalue weighted by Crippen LogP contribution is -1.84. The smallest absolute Gasteiger partial charge is 0.193 e. The Hall–Kier alpha value is -0.790. The number of benzene rings is 1. The molecule has 0 fully saturated rings. The summed E-state index contributed by atoms with van der Waals surface area (Å²) in [6.45, 7) is 0. The number of ether oxygens (including phenoxy) is 1. The molecule has 0 bridgehead atoms. The Morgan fingerprint density at radius 3 is 2.92 bits per heavy atom. The summed E-state index contributed by atoms with van der Waals surface area (Å²) in [5.74, 6) is 0.718. The molecule has 4 heteroatoms. The first-order valence-corrected chi connectivity index (χ1v) is 5.13. The fourth-order valence-electron chi connectivity index (χ4n) is 0.957. The number of hydrogen-bond acceptors (Lipinski definition) is 2. The average Bonchev–Trinajstić information content (AvgIpc) is 2.03. The van der Waals surface area contributed by atoms with Gasteiger partial charge in [0.1, 0.15) is 5.75 Å². The number of methoxy groups -OCH3 is 1. The van der Waals surface area contributed by atoms with Crippen molar-refractivity contribution in [1.29, 1.82) is 0 Å². The van der Waals surface area contributed by atoms with E-state index in [9.17, 15) is 4.57 Å². The van der Waals surface area contributed by atoms with E-state index in [0.717, 1.165) is 11.3 Å². The summed E-state index contributed by atoms with van der Waals surface area (Å²) in [4.78, 5) is 8.67. The minimum absolute atomic E-state index is 0.224. The van der Waals surface area contributed by atoms with E-state index in [1.165, 1.54) is 0 Å². The molecule has 1 unspecified atom stereocenters. The maximum atomic E-state index is 10.5. The van der Waals surface area contributed by atoms with Gasteiger partial charge in [0, 0.05) is 6.16 Å². The molecular formula is C8H11O3P. The van der Waals surface area contributed by atoms with Gasteiger partial charge in [0.25, 0.3) is 0 Å². The topological polar surface area (TPSA) is 46.5 Å². The van der Waals surface area contributed by atoms with Crippen LogP contribution in [0.25, 0.3) is 0 Å². The lowest BCUT2D eigenvalue weighted by Gasteiger charge is -2.01. The molecule has 0 radical (unpaired) electrons. The van der Waals surface area contributed by atoms with E-state index in [1.54, 1.807) is 31.4 Å². The molecule has 0 aromatic heterocycles. The summed E-state index contributed by atoms with van der Waals surface area (Å²) in [5, 5.41) is 0. The van der Waals surface area contributed by atoms with Gasteiger partial charge in [0.05, 0.1) is 7.11 Å². The van der Waals surface area contributed by atoms with Gasteiger partial charge < -0.3 is 9.63 Å². The second-order valence-electron chi connectivity index (χ2n) is 2.42. The molecule has 0 saturated carbocycles. The van der Waals surface area contributed by atoms with Gasteiger partial charge in [-0.25, -0.2) is 0 Å². The van der Waals surface area contributed by atoms with E-state index >= 15 is 0 Å². The van der Waals surface area contributed by atoms with Gasteiger partial charge in [-0.3, -0.25) is 4.57 Å². The molecule has 1 aromatic carbocycles. The van der Waals surface area contributed by atoms with Gasteiger partial charge in [-0.2, -0.15) is 0 Å². The minimum atomic E-state index is -2.42. The predicted molar refractivity (Wildman–Crippen MR) is 47.9 cm³/mol. The Balaban J connectivity index is 2.79. The molecule has 66 valence electrons. The summed E-state index contributed by atoms with van der Waals surface area (Å²) >= 11 is 0. The van der Waals surface area contributed by atoms with E-state index in [0.29, 0.717) is 0 Å². The standard InChI is InChI=1S/C8H11O3P/c1-11-8-4-2-3-7(5-8)6-12(9)10/h2-5,12H,6H2,1H3,(H,9,10). The first kappa shape index (κ1) is 9.30. The molecule has 1 rings (SSSR count). The fraction of sp³-hybridized carbons (Fsp3) is 0.250. The zero-order valence-electron chi connectivity index (χ0n) is 6.78. The maximum absolute atomic E-state index is 10.5. The summed E-state index contributed by atoms with van der Waals surface area (Å²) in [6, 6.07) is 7.18. The Labute approximate surface area is 71.9 Å². The van der Waals surface area contributed by atoms with Crippen LogP contribution in [0.2, 0.25) is 0 Å². The molecular weight excluding hydrogens is 175 g/mol. The van der Waals surface area contributed by atoms with Crippen LogP contribution in [0, 0.1) is 0 Å². The van der Waals surface area contributed by atoms with Crippen LogP contribution >= 0.6 is 8.03 Å². The highest BCUT2D eigenvalue weighted by atomic mass is 31.1. The van der Waals surface area contributed by atoms with Gasteiger partial charge in [-0.05, 0) is 17.7 Å². The van der Waals surface area contributed by atoms with Crippen molar-refractivity contribution in [2.24, 2.45) is 0 Å². The summed E-state index contributed by atoms with van der Waals surface area (Å²) in [5.41, 5.74) is 0.834. The SMILES string of the molecule is COc1cccc(C[PH](=O)O)c1. The highest BCUT2D eigenvalue weighted by molar-refractivity contribution is 7.37. The molecule has 0 heterocycles. The molecule has 0 aliphatic carbocycles. The van der Waals surface area contributed by atoms with Crippen LogP contribution in [0.4, 0.5) is 0 Å². The fourth-order valence-corrected chi connectivity index (χ4v) is 1.53. The van der Waals surface area contributed by atoms with Gasteiger partial charge >= 0.3 is 0 Å². The van der Waals surface area contributed by atoms with Crippen LogP contribution in [0.15, 0.2) is 24.3 Å². The lowest BCUT2D eigenvalue weighted by molar-refractivity contribution is 0.414. The highest BCUT2D eigenvalue weighted by Crippen LogP contribution is 2.23. The van der Waals surface area contributed by atoms with Crippen LogP contribution in [-0.4, -0.2) is 12.0 Å². The second-order valence-corrected chi connectivity index (χ2v) is 3.56. The van der Waals surface area contributed by atoms with E-state index in [-0.39, 0.29) is 6.16 Å². The molecule has 0 aliphatic rings. The molecule has 0 spiro atoms. The highest BCUT2D eigenvalue weighted by Gasteiger charge is 1.98. The van der Waals surface area contributed by atoms with Crippen molar-refractivity contribution in [3.63, 3.8) is 0 Å². The Bertz CT molecular complexity index is 285. The van der Waals surface area contributed by atoms with Crippen molar-refractivity contribution in [1.82, 2.24) is 0 Å². The van der Waals surface area contributed by atoms with E-state index in [4.69, 9.17) is 9.63 Å².